The molecule has 5 nitrogen and oxygen atoms in total. The van der Waals surface area contributed by atoms with Gasteiger partial charge in [-0.25, -0.2) is 0 Å². The van der Waals surface area contributed by atoms with Gasteiger partial charge in [0.15, 0.2) is 0 Å². The van der Waals surface area contributed by atoms with Crippen molar-refractivity contribution in [1.82, 2.24) is 5.32 Å². The van der Waals surface area contributed by atoms with Crippen LogP contribution >= 0.6 is 0 Å². The van der Waals surface area contributed by atoms with Gasteiger partial charge in [0.25, 0.3) is 0 Å². The highest BCUT2D eigenvalue weighted by Crippen LogP contribution is 2.21. The summed E-state index contributed by atoms with van der Waals surface area (Å²) in [6, 6.07) is 0.231. The molecule has 0 aromatic rings. The van der Waals surface area contributed by atoms with Gasteiger partial charge in [0, 0.05) is 12.6 Å². The molecular weight excluding hydrogens is 234 g/mol. The van der Waals surface area contributed by atoms with E-state index in [1.165, 1.54) is 0 Å². The lowest BCUT2D eigenvalue weighted by molar-refractivity contribution is -0.149. The number of rotatable bonds is 6. The first-order valence-electron chi connectivity index (χ1n) is 6.71. The molecule has 5 heteroatoms. The third-order valence-electron chi connectivity index (χ3n) is 3.55. The lowest BCUT2D eigenvalue weighted by atomic mass is 9.88. The van der Waals surface area contributed by atoms with Crippen molar-refractivity contribution in [3.8, 4) is 0 Å². The number of carbonyl (C=O) groups is 2. The zero-order valence-corrected chi connectivity index (χ0v) is 11.1. The molecule has 104 valence electrons. The lowest BCUT2D eigenvalue weighted by Crippen LogP contribution is -2.43. The van der Waals surface area contributed by atoms with Crippen LogP contribution < -0.4 is 5.32 Å². The van der Waals surface area contributed by atoms with E-state index in [0.717, 1.165) is 19.3 Å². The number of nitrogens with one attached hydrogen (secondary N) is 1. The lowest BCUT2D eigenvalue weighted by Gasteiger charge is -2.29. The van der Waals surface area contributed by atoms with Crippen LogP contribution in [0.4, 0.5) is 0 Å². The second-order valence-corrected chi connectivity index (χ2v) is 4.81. The molecule has 3 atom stereocenters. The average Bonchev–Trinajstić information content (AvgIpc) is 2.36. The number of carboxylic acid groups (broad SMARTS) is 1. The summed E-state index contributed by atoms with van der Waals surface area (Å²) < 4.78 is 5.03. The summed E-state index contributed by atoms with van der Waals surface area (Å²) in [5, 5.41) is 12.1. The van der Waals surface area contributed by atoms with Crippen LogP contribution in [-0.2, 0) is 14.3 Å². The second-order valence-electron chi connectivity index (χ2n) is 4.81. The molecule has 1 aliphatic heterocycles. The first kappa shape index (κ1) is 15.0. The monoisotopic (exact) mass is 257 g/mol. The molecule has 0 radical (unpaired) electrons. The van der Waals surface area contributed by atoms with E-state index in [9.17, 15) is 9.59 Å². The molecule has 2 N–H and O–H groups in total. The fraction of sp³-hybridized carbons (Fsp3) is 0.846. The molecule has 1 saturated heterocycles. The Hall–Kier alpha value is -1.10. The summed E-state index contributed by atoms with van der Waals surface area (Å²) in [5.74, 6) is -1.24. The largest absolute Gasteiger partial charge is 0.481 e. The van der Waals surface area contributed by atoms with Crippen molar-refractivity contribution in [2.75, 3.05) is 13.2 Å². The van der Waals surface area contributed by atoms with Crippen molar-refractivity contribution in [1.29, 1.82) is 0 Å². The van der Waals surface area contributed by atoms with E-state index in [0.29, 0.717) is 19.6 Å². The molecule has 0 aliphatic carbocycles. The Kier molecular flexibility index (Phi) is 6.12. The normalized spacial score (nSPS) is 25.4. The number of carboxylic acids is 1. The maximum Gasteiger partial charge on any atom is 0.308 e. The summed E-state index contributed by atoms with van der Waals surface area (Å²) in [4.78, 5) is 22.5. The van der Waals surface area contributed by atoms with Crippen LogP contribution in [0.25, 0.3) is 0 Å². The Morgan fingerprint density at radius 3 is 2.56 bits per heavy atom. The van der Waals surface area contributed by atoms with Gasteiger partial charge in [0.1, 0.15) is 0 Å². The standard InChI is InChI=1S/C13H23NO4/c1-3-9(13(17)18-4-2)7-11-6-5-10(8-14-11)12(15)16/h9-11,14H,3-8H2,1-2H3,(H,15,16). The van der Waals surface area contributed by atoms with E-state index in [2.05, 4.69) is 5.32 Å². The van der Waals surface area contributed by atoms with Crippen LogP contribution in [0.2, 0.25) is 0 Å². The molecule has 1 aliphatic rings. The van der Waals surface area contributed by atoms with Crippen molar-refractivity contribution in [3.05, 3.63) is 0 Å². The number of aliphatic carboxylic acids is 1. The summed E-state index contributed by atoms with van der Waals surface area (Å²) in [5.41, 5.74) is 0. The molecule has 1 rings (SSSR count). The van der Waals surface area contributed by atoms with Crippen molar-refractivity contribution in [2.24, 2.45) is 11.8 Å². The zero-order valence-electron chi connectivity index (χ0n) is 11.1. The number of carbonyl (C=O) groups excluding carboxylic acids is 1. The van der Waals surface area contributed by atoms with Crippen LogP contribution in [0.5, 0.6) is 0 Å². The molecule has 1 fully saturated rings. The predicted molar refractivity (Wildman–Crippen MR) is 67.2 cm³/mol. The van der Waals surface area contributed by atoms with Crippen molar-refractivity contribution < 1.29 is 19.4 Å². The molecule has 0 saturated carbocycles. The molecule has 0 aromatic carbocycles. The van der Waals surface area contributed by atoms with Crippen LogP contribution in [0, 0.1) is 11.8 Å². The molecular formula is C13H23NO4. The molecule has 0 aromatic heterocycles. The second kappa shape index (κ2) is 7.36. The van der Waals surface area contributed by atoms with Crippen LogP contribution in [-0.4, -0.2) is 36.2 Å². The number of piperidine rings is 1. The van der Waals surface area contributed by atoms with Gasteiger partial charge in [-0.2, -0.15) is 0 Å². The zero-order chi connectivity index (χ0) is 13.5. The van der Waals surface area contributed by atoms with Gasteiger partial charge in [-0.1, -0.05) is 6.92 Å². The molecule has 3 unspecified atom stereocenters. The fourth-order valence-corrected chi connectivity index (χ4v) is 2.36. The molecule has 18 heavy (non-hydrogen) atoms. The average molecular weight is 257 g/mol. The van der Waals surface area contributed by atoms with E-state index in [1.54, 1.807) is 6.92 Å². The van der Waals surface area contributed by atoms with Crippen molar-refractivity contribution in [2.45, 2.75) is 45.6 Å². The highest BCUT2D eigenvalue weighted by atomic mass is 16.5. The summed E-state index contributed by atoms with van der Waals surface area (Å²) in [6.07, 6.45) is 3.00. The summed E-state index contributed by atoms with van der Waals surface area (Å²) >= 11 is 0. The Morgan fingerprint density at radius 2 is 2.11 bits per heavy atom. The first-order valence-corrected chi connectivity index (χ1v) is 6.71. The van der Waals surface area contributed by atoms with Gasteiger partial charge >= 0.3 is 11.9 Å². The topological polar surface area (TPSA) is 75.6 Å². The third kappa shape index (κ3) is 4.29. The number of esters is 1. The minimum Gasteiger partial charge on any atom is -0.481 e. The third-order valence-corrected chi connectivity index (χ3v) is 3.55. The quantitative estimate of drug-likeness (QED) is 0.704. The Balaban J connectivity index is 2.38. The van der Waals surface area contributed by atoms with E-state index < -0.39 is 5.97 Å². The predicted octanol–water partition coefficient (Wildman–Crippen LogP) is 1.42. The Bertz CT molecular complexity index is 285. The fourth-order valence-electron chi connectivity index (χ4n) is 2.36. The van der Waals surface area contributed by atoms with Gasteiger partial charge < -0.3 is 15.2 Å². The summed E-state index contributed by atoms with van der Waals surface area (Å²) in [7, 11) is 0. The van der Waals surface area contributed by atoms with E-state index >= 15 is 0 Å². The van der Waals surface area contributed by atoms with E-state index in [1.807, 2.05) is 6.92 Å². The molecule has 0 amide bonds. The maximum absolute atomic E-state index is 11.7. The van der Waals surface area contributed by atoms with Gasteiger partial charge in [0.2, 0.25) is 0 Å². The Morgan fingerprint density at radius 1 is 1.39 bits per heavy atom. The SMILES string of the molecule is CCOC(=O)C(CC)CC1CCC(C(=O)O)CN1. The first-order chi connectivity index (χ1) is 8.58. The highest BCUT2D eigenvalue weighted by Gasteiger charge is 2.28. The van der Waals surface area contributed by atoms with Gasteiger partial charge in [-0.05, 0) is 32.6 Å². The van der Waals surface area contributed by atoms with E-state index in [-0.39, 0.29) is 23.8 Å². The molecule has 0 bridgehead atoms. The Labute approximate surface area is 108 Å². The highest BCUT2D eigenvalue weighted by molar-refractivity contribution is 5.72. The van der Waals surface area contributed by atoms with Crippen molar-refractivity contribution >= 4 is 11.9 Å². The van der Waals surface area contributed by atoms with Gasteiger partial charge in [-0.3, -0.25) is 9.59 Å². The van der Waals surface area contributed by atoms with E-state index in [4.69, 9.17) is 9.84 Å². The van der Waals surface area contributed by atoms with Gasteiger partial charge in [0.05, 0.1) is 18.4 Å². The minimum atomic E-state index is -0.738. The number of hydrogen-bond donors (Lipinski definition) is 2. The molecule has 0 spiro atoms. The van der Waals surface area contributed by atoms with Crippen LogP contribution in [0.1, 0.15) is 39.5 Å². The molecule has 1 heterocycles. The smallest absolute Gasteiger partial charge is 0.308 e. The van der Waals surface area contributed by atoms with Crippen LogP contribution in [0.15, 0.2) is 0 Å². The number of ether oxygens (including phenoxy) is 1. The number of hydrogen-bond acceptors (Lipinski definition) is 4. The van der Waals surface area contributed by atoms with Gasteiger partial charge in [-0.15, -0.1) is 0 Å². The summed E-state index contributed by atoms with van der Waals surface area (Å²) in [6.45, 7) is 4.69. The maximum atomic E-state index is 11.7. The van der Waals surface area contributed by atoms with Crippen molar-refractivity contribution in [3.63, 3.8) is 0 Å². The minimum absolute atomic E-state index is 0.0798. The van der Waals surface area contributed by atoms with Crippen LogP contribution in [0.3, 0.4) is 0 Å².